The Bertz CT molecular complexity index is 1760. The lowest BCUT2D eigenvalue weighted by atomic mass is 9.95. The van der Waals surface area contributed by atoms with Crippen LogP contribution >= 0.6 is 0 Å². The number of rotatable bonds is 4. The molecule has 0 aliphatic heterocycles. The van der Waals surface area contributed by atoms with E-state index >= 15 is 0 Å². The predicted octanol–water partition coefficient (Wildman–Crippen LogP) is 7.49. The molecule has 0 unspecified atom stereocenters. The van der Waals surface area contributed by atoms with Gasteiger partial charge in [0.1, 0.15) is 0 Å². The molecule has 0 aliphatic carbocycles. The van der Waals surface area contributed by atoms with Gasteiger partial charge in [0.05, 0.1) is 22.5 Å². The number of carbonyl (C=O) groups is 2. The maximum absolute atomic E-state index is 13.2. The number of hydrogen-bond acceptors (Lipinski definition) is 5. The minimum absolute atomic E-state index is 0.109. The van der Waals surface area contributed by atoms with Crippen LogP contribution in [0.3, 0.4) is 0 Å². The van der Waals surface area contributed by atoms with Crippen molar-refractivity contribution in [2.75, 3.05) is 11.5 Å². The second kappa shape index (κ2) is 9.80. The monoisotopic (exact) mass is 508 g/mol. The lowest BCUT2D eigenvalue weighted by molar-refractivity contribution is 0.0399. The standard InChI is InChI=1S/C34H24N2O3/c35-31-27(25-15-5-11-21-9-1-3-13-23(21)25)17-7-19-29(31)33(37)39-34(38)30-20-8-18-28(32(30)36)26-16-6-12-22-10-2-4-14-24(22)26/h1-20H,35-36H2. The first-order chi connectivity index (χ1) is 19.0. The van der Waals surface area contributed by atoms with Crippen LogP contribution < -0.4 is 11.5 Å². The van der Waals surface area contributed by atoms with E-state index in [0.29, 0.717) is 11.1 Å². The molecular formula is C34H24N2O3. The Kier molecular flexibility index (Phi) is 6.02. The Morgan fingerprint density at radius 2 is 0.795 bits per heavy atom. The number of fused-ring (bicyclic) bond motifs is 2. The van der Waals surface area contributed by atoms with Crippen molar-refractivity contribution in [1.29, 1.82) is 0 Å². The normalized spacial score (nSPS) is 11.0. The molecule has 39 heavy (non-hydrogen) atoms. The summed E-state index contributed by atoms with van der Waals surface area (Å²) in [4.78, 5) is 26.3. The maximum Gasteiger partial charge on any atom is 0.348 e. The number of hydrogen-bond donors (Lipinski definition) is 2. The number of nitrogens with two attached hydrogens (primary N) is 2. The Hall–Kier alpha value is -5.42. The summed E-state index contributed by atoms with van der Waals surface area (Å²) in [6, 6.07) is 38.0. The summed E-state index contributed by atoms with van der Waals surface area (Å²) in [5, 5.41) is 4.12. The van der Waals surface area contributed by atoms with Gasteiger partial charge >= 0.3 is 11.9 Å². The molecule has 6 aromatic rings. The largest absolute Gasteiger partial charge is 0.398 e. The van der Waals surface area contributed by atoms with Gasteiger partial charge in [-0.1, -0.05) is 109 Å². The molecule has 0 heterocycles. The first kappa shape index (κ1) is 23.9. The van der Waals surface area contributed by atoms with Gasteiger partial charge in [-0.05, 0) is 44.8 Å². The van der Waals surface area contributed by atoms with Crippen LogP contribution in [0.5, 0.6) is 0 Å². The van der Waals surface area contributed by atoms with Crippen LogP contribution in [0.2, 0.25) is 0 Å². The van der Waals surface area contributed by atoms with Crippen molar-refractivity contribution >= 4 is 44.9 Å². The number of nitrogen functional groups attached to an aromatic ring is 2. The molecule has 5 nitrogen and oxygen atoms in total. The van der Waals surface area contributed by atoms with Gasteiger partial charge in [0.25, 0.3) is 0 Å². The molecule has 0 aromatic heterocycles. The predicted molar refractivity (Wildman–Crippen MR) is 157 cm³/mol. The average Bonchev–Trinajstić information content (AvgIpc) is 2.97. The van der Waals surface area contributed by atoms with Crippen molar-refractivity contribution in [1.82, 2.24) is 0 Å². The Morgan fingerprint density at radius 3 is 1.26 bits per heavy atom. The number of benzene rings is 6. The first-order valence-corrected chi connectivity index (χ1v) is 12.5. The molecule has 0 spiro atoms. The van der Waals surface area contributed by atoms with Crippen LogP contribution in [0.25, 0.3) is 43.8 Å². The van der Waals surface area contributed by atoms with Gasteiger partial charge in [0.2, 0.25) is 0 Å². The van der Waals surface area contributed by atoms with E-state index in [2.05, 4.69) is 0 Å². The Labute approximate surface area is 225 Å². The smallest absolute Gasteiger partial charge is 0.348 e. The summed E-state index contributed by atoms with van der Waals surface area (Å²) in [6.07, 6.45) is 0. The number of para-hydroxylation sites is 2. The highest BCUT2D eigenvalue weighted by molar-refractivity contribution is 6.11. The van der Waals surface area contributed by atoms with Crippen molar-refractivity contribution in [3.63, 3.8) is 0 Å². The van der Waals surface area contributed by atoms with Crippen molar-refractivity contribution in [3.05, 3.63) is 132 Å². The van der Waals surface area contributed by atoms with Gasteiger partial charge in [-0.15, -0.1) is 0 Å². The number of esters is 2. The molecule has 4 N–H and O–H groups in total. The molecule has 0 fully saturated rings. The molecule has 0 radical (unpaired) electrons. The van der Waals surface area contributed by atoms with Gasteiger partial charge in [0, 0.05) is 11.1 Å². The third-order valence-electron chi connectivity index (χ3n) is 7.00. The Morgan fingerprint density at radius 1 is 0.436 bits per heavy atom. The fourth-order valence-corrected chi connectivity index (χ4v) is 5.07. The van der Waals surface area contributed by atoms with Crippen LogP contribution in [0.4, 0.5) is 11.4 Å². The summed E-state index contributed by atoms with van der Waals surface area (Å²) in [5.74, 6) is -1.68. The third kappa shape index (κ3) is 4.26. The number of anilines is 2. The van der Waals surface area contributed by atoms with Gasteiger partial charge in [-0.2, -0.15) is 0 Å². The van der Waals surface area contributed by atoms with E-state index in [1.807, 2.05) is 97.1 Å². The lowest BCUT2D eigenvalue weighted by Crippen LogP contribution is -2.16. The molecule has 5 heteroatoms. The lowest BCUT2D eigenvalue weighted by Gasteiger charge is -2.14. The molecule has 188 valence electrons. The van der Waals surface area contributed by atoms with E-state index in [1.165, 1.54) is 0 Å². The number of ether oxygens (including phenoxy) is 1. The Balaban J connectivity index is 1.33. The average molecular weight is 509 g/mol. The van der Waals surface area contributed by atoms with Crippen molar-refractivity contribution in [2.45, 2.75) is 0 Å². The number of carbonyl (C=O) groups excluding carboxylic acids is 2. The summed E-state index contributed by atoms with van der Waals surface area (Å²) in [5.41, 5.74) is 16.8. The highest BCUT2D eigenvalue weighted by Crippen LogP contribution is 2.36. The summed E-state index contributed by atoms with van der Waals surface area (Å²) >= 11 is 0. The summed E-state index contributed by atoms with van der Waals surface area (Å²) in [6.45, 7) is 0. The minimum atomic E-state index is -0.838. The third-order valence-corrected chi connectivity index (χ3v) is 7.00. The maximum atomic E-state index is 13.2. The van der Waals surface area contributed by atoms with Crippen LogP contribution in [-0.4, -0.2) is 11.9 Å². The van der Waals surface area contributed by atoms with Gasteiger partial charge in [0.15, 0.2) is 0 Å². The van der Waals surface area contributed by atoms with Crippen molar-refractivity contribution < 1.29 is 14.3 Å². The van der Waals surface area contributed by atoms with E-state index in [4.69, 9.17) is 16.2 Å². The summed E-state index contributed by atoms with van der Waals surface area (Å²) < 4.78 is 5.30. The summed E-state index contributed by atoms with van der Waals surface area (Å²) in [7, 11) is 0. The highest BCUT2D eigenvalue weighted by atomic mass is 16.6. The molecule has 0 aliphatic rings. The quantitative estimate of drug-likeness (QED) is 0.146. The minimum Gasteiger partial charge on any atom is -0.398 e. The van der Waals surface area contributed by atoms with Crippen molar-refractivity contribution in [3.8, 4) is 22.3 Å². The molecule has 0 atom stereocenters. The zero-order valence-corrected chi connectivity index (χ0v) is 20.9. The van der Waals surface area contributed by atoms with Crippen molar-refractivity contribution in [2.24, 2.45) is 0 Å². The fraction of sp³-hybridized carbons (Fsp3) is 0. The van der Waals surface area contributed by atoms with E-state index in [0.717, 1.165) is 32.7 Å². The van der Waals surface area contributed by atoms with E-state index in [1.54, 1.807) is 24.3 Å². The first-order valence-electron chi connectivity index (χ1n) is 12.5. The van der Waals surface area contributed by atoms with Crippen LogP contribution in [0, 0.1) is 0 Å². The van der Waals surface area contributed by atoms with Gasteiger partial charge in [-0.25, -0.2) is 9.59 Å². The van der Waals surface area contributed by atoms with E-state index in [-0.39, 0.29) is 22.5 Å². The molecule has 6 aromatic carbocycles. The molecule has 0 bridgehead atoms. The molecule has 0 amide bonds. The SMILES string of the molecule is Nc1c(C(=O)OC(=O)c2cccc(-c3cccc4ccccc34)c2N)cccc1-c1cccc2ccccc12. The van der Waals surface area contributed by atoms with E-state index < -0.39 is 11.9 Å². The molecular weight excluding hydrogens is 484 g/mol. The zero-order valence-electron chi connectivity index (χ0n) is 20.9. The highest BCUT2D eigenvalue weighted by Gasteiger charge is 2.22. The van der Waals surface area contributed by atoms with E-state index in [9.17, 15) is 9.59 Å². The van der Waals surface area contributed by atoms with Crippen LogP contribution in [0.1, 0.15) is 20.7 Å². The van der Waals surface area contributed by atoms with Crippen LogP contribution in [-0.2, 0) is 4.74 Å². The van der Waals surface area contributed by atoms with Gasteiger partial charge < -0.3 is 16.2 Å². The van der Waals surface area contributed by atoms with Crippen LogP contribution in [0.15, 0.2) is 121 Å². The fourth-order valence-electron chi connectivity index (χ4n) is 5.07. The molecule has 0 saturated carbocycles. The second-order valence-corrected chi connectivity index (χ2v) is 9.26. The molecule has 6 rings (SSSR count). The zero-order chi connectivity index (χ0) is 26.9. The van der Waals surface area contributed by atoms with Gasteiger partial charge in [-0.3, -0.25) is 0 Å². The molecule has 0 saturated heterocycles. The topological polar surface area (TPSA) is 95.4 Å². The second-order valence-electron chi connectivity index (χ2n) is 9.26.